The number of phenols is 1. The summed E-state index contributed by atoms with van der Waals surface area (Å²) in [6, 6.07) is 1.42. The molecule has 11 heavy (non-hydrogen) atoms. The molecule has 0 amide bonds. The summed E-state index contributed by atoms with van der Waals surface area (Å²) >= 11 is 0. The molecular formula is C6H5BF2O2. The summed E-state index contributed by atoms with van der Waals surface area (Å²) in [7, 11) is -0.583. The molecule has 0 saturated carbocycles. The van der Waals surface area contributed by atoms with Crippen LogP contribution >= 0.6 is 0 Å². The van der Waals surface area contributed by atoms with Crippen molar-refractivity contribution < 1.29 is 18.9 Å². The monoisotopic (exact) mass is 158 g/mol. The lowest BCUT2D eigenvalue weighted by Gasteiger charge is -2.00. The van der Waals surface area contributed by atoms with Gasteiger partial charge in [-0.1, -0.05) is 0 Å². The smallest absolute Gasteiger partial charge is 0.308 e. The average molecular weight is 158 g/mol. The van der Waals surface area contributed by atoms with Crippen LogP contribution in [-0.2, 0) is 0 Å². The third-order valence-corrected chi connectivity index (χ3v) is 1.28. The summed E-state index contributed by atoms with van der Waals surface area (Å²) in [6.07, 6.45) is 0. The number of benzene rings is 1. The summed E-state index contributed by atoms with van der Waals surface area (Å²) in [6.45, 7) is 0. The van der Waals surface area contributed by atoms with Gasteiger partial charge in [-0.25, -0.2) is 8.78 Å². The Morgan fingerprint density at radius 2 is 1.91 bits per heavy atom. The maximum atomic E-state index is 12.4. The van der Waals surface area contributed by atoms with E-state index in [0.29, 0.717) is 6.07 Å². The van der Waals surface area contributed by atoms with Crippen LogP contribution in [0.2, 0.25) is 0 Å². The van der Waals surface area contributed by atoms with Crippen molar-refractivity contribution in [2.45, 2.75) is 0 Å². The van der Waals surface area contributed by atoms with E-state index >= 15 is 0 Å². The molecule has 58 valence electrons. The first kappa shape index (κ1) is 8.01. The molecule has 1 aromatic carbocycles. The van der Waals surface area contributed by atoms with E-state index in [1.807, 2.05) is 0 Å². The van der Waals surface area contributed by atoms with E-state index in [0.717, 1.165) is 6.07 Å². The lowest BCUT2D eigenvalue weighted by Crippen LogP contribution is -2.15. The summed E-state index contributed by atoms with van der Waals surface area (Å²) in [5.41, 5.74) is -0.150. The number of hydrogen-bond donors (Lipinski definition) is 2. The minimum Gasteiger partial charge on any atom is -0.505 e. The first-order chi connectivity index (χ1) is 5.15. The Morgan fingerprint density at radius 3 is 2.45 bits per heavy atom. The normalized spacial score (nSPS) is 9.73. The molecule has 2 N–H and O–H groups in total. The van der Waals surface area contributed by atoms with E-state index in [4.69, 9.17) is 10.1 Å². The first-order valence-corrected chi connectivity index (χ1v) is 2.93. The molecule has 5 heteroatoms. The second kappa shape index (κ2) is 2.88. The molecule has 0 fully saturated rings. The Kier molecular flexibility index (Phi) is 2.09. The number of phenolic OH excluding ortho intramolecular Hbond substituents is 1. The van der Waals surface area contributed by atoms with Crippen molar-refractivity contribution in [1.29, 1.82) is 0 Å². The van der Waals surface area contributed by atoms with Crippen LogP contribution in [0.3, 0.4) is 0 Å². The minimum absolute atomic E-state index is 0.150. The first-order valence-electron chi connectivity index (χ1n) is 2.93. The fourth-order valence-electron chi connectivity index (χ4n) is 0.740. The molecular weight excluding hydrogens is 153 g/mol. The standard InChI is InChI=1S/C6H5BF2O2/c8-3-1-4(7-11)6(10)5(9)2-3/h1-2,7,10-11H. The van der Waals surface area contributed by atoms with Gasteiger partial charge in [0.1, 0.15) is 11.6 Å². The van der Waals surface area contributed by atoms with Crippen LogP contribution in [-0.4, -0.2) is 17.6 Å². The number of hydrogen-bond acceptors (Lipinski definition) is 2. The summed E-state index contributed by atoms with van der Waals surface area (Å²) in [5, 5.41) is 17.3. The predicted octanol–water partition coefficient (Wildman–Crippen LogP) is -0.360. The van der Waals surface area contributed by atoms with Crippen molar-refractivity contribution in [2.75, 3.05) is 0 Å². The van der Waals surface area contributed by atoms with Crippen molar-refractivity contribution in [3.05, 3.63) is 23.8 Å². The van der Waals surface area contributed by atoms with E-state index in [2.05, 4.69) is 0 Å². The van der Waals surface area contributed by atoms with Crippen LogP contribution in [0.4, 0.5) is 8.78 Å². The summed E-state index contributed by atoms with van der Waals surface area (Å²) in [4.78, 5) is 0. The Bertz CT molecular complexity index is 278. The summed E-state index contributed by atoms with van der Waals surface area (Å²) in [5.74, 6) is -2.58. The van der Waals surface area contributed by atoms with Gasteiger partial charge in [0.05, 0.1) is 0 Å². The predicted molar refractivity (Wildman–Crippen MR) is 37.0 cm³/mol. The van der Waals surface area contributed by atoms with Crippen LogP contribution in [0, 0.1) is 11.6 Å². The number of rotatable bonds is 1. The van der Waals surface area contributed by atoms with Crippen LogP contribution in [0.1, 0.15) is 0 Å². The van der Waals surface area contributed by atoms with Gasteiger partial charge in [0.15, 0.2) is 5.82 Å². The van der Waals surface area contributed by atoms with Gasteiger partial charge in [-0.3, -0.25) is 0 Å². The highest BCUT2D eigenvalue weighted by Crippen LogP contribution is 2.12. The van der Waals surface area contributed by atoms with E-state index in [1.54, 1.807) is 0 Å². The molecule has 0 unspecified atom stereocenters. The molecule has 0 bridgehead atoms. The van der Waals surface area contributed by atoms with Gasteiger partial charge in [-0.15, -0.1) is 0 Å². The SMILES string of the molecule is OBc1cc(F)cc(F)c1O. The van der Waals surface area contributed by atoms with Crippen LogP contribution < -0.4 is 5.46 Å². The van der Waals surface area contributed by atoms with E-state index in [-0.39, 0.29) is 5.46 Å². The average Bonchev–Trinajstić information content (AvgIpc) is 1.96. The lowest BCUT2D eigenvalue weighted by molar-refractivity contribution is 0.431. The number of aromatic hydroxyl groups is 1. The van der Waals surface area contributed by atoms with Gasteiger partial charge >= 0.3 is 7.48 Å². The maximum Gasteiger partial charge on any atom is 0.308 e. The van der Waals surface area contributed by atoms with Gasteiger partial charge in [0.25, 0.3) is 0 Å². The molecule has 1 rings (SSSR count). The van der Waals surface area contributed by atoms with E-state index in [1.165, 1.54) is 0 Å². The van der Waals surface area contributed by atoms with Gasteiger partial charge in [0.2, 0.25) is 0 Å². The molecule has 0 radical (unpaired) electrons. The quantitative estimate of drug-likeness (QED) is 0.547. The van der Waals surface area contributed by atoms with E-state index < -0.39 is 24.9 Å². The Balaban J connectivity index is 3.24. The maximum absolute atomic E-state index is 12.4. The Morgan fingerprint density at radius 1 is 1.27 bits per heavy atom. The van der Waals surface area contributed by atoms with Gasteiger partial charge in [-0.05, 0) is 11.5 Å². The molecule has 0 aliphatic heterocycles. The zero-order valence-corrected chi connectivity index (χ0v) is 5.51. The van der Waals surface area contributed by atoms with Crippen molar-refractivity contribution >= 4 is 12.9 Å². The molecule has 0 aromatic heterocycles. The Hall–Kier alpha value is -1.10. The topological polar surface area (TPSA) is 40.5 Å². The molecule has 0 saturated heterocycles. The van der Waals surface area contributed by atoms with Crippen molar-refractivity contribution in [1.82, 2.24) is 0 Å². The lowest BCUT2D eigenvalue weighted by atomic mass is 9.88. The summed E-state index contributed by atoms with van der Waals surface area (Å²) < 4.78 is 24.8. The minimum atomic E-state index is -1.06. The molecule has 0 atom stereocenters. The van der Waals surface area contributed by atoms with Crippen molar-refractivity contribution in [3.63, 3.8) is 0 Å². The fraction of sp³-hybridized carbons (Fsp3) is 0. The zero-order chi connectivity index (χ0) is 8.43. The van der Waals surface area contributed by atoms with Crippen molar-refractivity contribution in [2.24, 2.45) is 0 Å². The molecule has 0 heterocycles. The van der Waals surface area contributed by atoms with E-state index in [9.17, 15) is 8.78 Å². The Labute approximate surface area is 62.4 Å². The molecule has 0 spiro atoms. The highest BCUT2D eigenvalue weighted by molar-refractivity contribution is 6.46. The second-order valence-electron chi connectivity index (χ2n) is 2.05. The van der Waals surface area contributed by atoms with Crippen LogP contribution in [0.15, 0.2) is 12.1 Å². The zero-order valence-electron chi connectivity index (χ0n) is 5.51. The van der Waals surface area contributed by atoms with Gasteiger partial charge in [0, 0.05) is 6.07 Å². The third kappa shape index (κ3) is 1.49. The highest BCUT2D eigenvalue weighted by Gasteiger charge is 2.09. The van der Waals surface area contributed by atoms with Gasteiger partial charge in [-0.2, -0.15) is 0 Å². The largest absolute Gasteiger partial charge is 0.505 e. The van der Waals surface area contributed by atoms with Crippen LogP contribution in [0.5, 0.6) is 5.75 Å². The molecule has 0 aliphatic rings. The molecule has 2 nitrogen and oxygen atoms in total. The second-order valence-corrected chi connectivity index (χ2v) is 2.05. The van der Waals surface area contributed by atoms with Gasteiger partial charge < -0.3 is 10.1 Å². The third-order valence-electron chi connectivity index (χ3n) is 1.28. The highest BCUT2D eigenvalue weighted by atomic mass is 19.1. The fourth-order valence-corrected chi connectivity index (χ4v) is 0.740. The number of halogens is 2. The molecule has 0 aliphatic carbocycles. The van der Waals surface area contributed by atoms with Crippen LogP contribution in [0.25, 0.3) is 0 Å². The van der Waals surface area contributed by atoms with Crippen molar-refractivity contribution in [3.8, 4) is 5.75 Å². The molecule has 1 aromatic rings.